The Labute approximate surface area is 252 Å². The molecule has 7 aromatic carbocycles. The molecule has 2 heterocycles. The van der Waals surface area contributed by atoms with Crippen LogP contribution in [0.1, 0.15) is 0 Å². The van der Waals surface area contributed by atoms with Crippen molar-refractivity contribution in [2.24, 2.45) is 0 Å². The molecule has 0 fully saturated rings. The van der Waals surface area contributed by atoms with Crippen LogP contribution in [0.5, 0.6) is 0 Å². The lowest BCUT2D eigenvalue weighted by molar-refractivity contribution is 0.669. The summed E-state index contributed by atoms with van der Waals surface area (Å²) in [5.74, 6) is 0. The average Bonchev–Trinajstić information content (AvgIpc) is 3.63. The number of fused-ring (bicyclic) bond motifs is 7. The van der Waals surface area contributed by atoms with E-state index >= 15 is 0 Å². The van der Waals surface area contributed by atoms with Gasteiger partial charge in [0.1, 0.15) is 11.2 Å². The van der Waals surface area contributed by atoms with Crippen molar-refractivity contribution in [2.75, 3.05) is 4.90 Å². The molecule has 2 nitrogen and oxygen atoms in total. The topological polar surface area (TPSA) is 16.4 Å². The molecule has 0 aliphatic carbocycles. The van der Waals surface area contributed by atoms with Gasteiger partial charge in [-0.2, -0.15) is 0 Å². The third kappa shape index (κ3) is 3.86. The predicted octanol–water partition coefficient (Wildman–Crippen LogP) is 12.2. The number of nitrogens with zero attached hydrogens (tertiary/aromatic N) is 1. The second-order valence-corrected chi connectivity index (χ2v) is 12.0. The summed E-state index contributed by atoms with van der Waals surface area (Å²) in [7, 11) is 0. The summed E-state index contributed by atoms with van der Waals surface area (Å²) in [6, 6.07) is 54.3. The van der Waals surface area contributed by atoms with E-state index in [1.54, 1.807) is 0 Å². The van der Waals surface area contributed by atoms with Gasteiger partial charge in [-0.25, -0.2) is 0 Å². The van der Waals surface area contributed by atoms with Crippen molar-refractivity contribution in [2.45, 2.75) is 0 Å². The van der Waals surface area contributed by atoms with E-state index in [1.165, 1.54) is 47.8 Å². The Hall–Kier alpha value is -5.38. The van der Waals surface area contributed by atoms with E-state index in [0.717, 1.165) is 33.3 Å². The Kier molecular flexibility index (Phi) is 5.40. The molecule has 0 radical (unpaired) electrons. The third-order valence-corrected chi connectivity index (χ3v) is 9.59. The maximum atomic E-state index is 6.25. The molecule has 0 amide bonds. The minimum atomic E-state index is 0.920. The SMILES string of the molecule is c1ccc(N(c2ccc(-c3cccc4cc5c(cc34)oc3ccccc35)cc2)c2cccc3sc4ccccc4c23)cc1. The van der Waals surface area contributed by atoms with Gasteiger partial charge in [-0.05, 0) is 82.6 Å². The van der Waals surface area contributed by atoms with E-state index in [1.807, 2.05) is 23.5 Å². The summed E-state index contributed by atoms with van der Waals surface area (Å²) in [6.07, 6.45) is 0. The first-order chi connectivity index (χ1) is 21.3. The molecule has 0 atom stereocenters. The Balaban J connectivity index is 1.20. The number of hydrogen-bond acceptors (Lipinski definition) is 3. The first-order valence-corrected chi connectivity index (χ1v) is 15.3. The van der Waals surface area contributed by atoms with Gasteiger partial charge >= 0.3 is 0 Å². The van der Waals surface area contributed by atoms with Crippen molar-refractivity contribution in [3.8, 4) is 11.1 Å². The van der Waals surface area contributed by atoms with Gasteiger partial charge in [0.15, 0.2) is 0 Å². The maximum Gasteiger partial charge on any atom is 0.136 e. The van der Waals surface area contributed by atoms with E-state index in [4.69, 9.17) is 4.42 Å². The predicted molar refractivity (Wildman–Crippen MR) is 184 cm³/mol. The molecular weight excluding hydrogens is 543 g/mol. The second-order valence-electron chi connectivity index (χ2n) is 10.9. The van der Waals surface area contributed by atoms with Crippen molar-refractivity contribution >= 4 is 81.3 Å². The molecule has 0 aliphatic rings. The van der Waals surface area contributed by atoms with Gasteiger partial charge in [0, 0.05) is 42.3 Å². The van der Waals surface area contributed by atoms with Crippen molar-refractivity contribution in [3.05, 3.63) is 152 Å². The molecule has 3 heteroatoms. The highest BCUT2D eigenvalue weighted by atomic mass is 32.1. The fourth-order valence-corrected chi connectivity index (χ4v) is 7.61. The molecule has 9 aromatic rings. The summed E-state index contributed by atoms with van der Waals surface area (Å²) in [4.78, 5) is 2.38. The van der Waals surface area contributed by atoms with Gasteiger partial charge in [-0.15, -0.1) is 11.3 Å². The van der Waals surface area contributed by atoms with Gasteiger partial charge in [0.05, 0.1) is 5.69 Å². The van der Waals surface area contributed by atoms with Crippen molar-refractivity contribution in [1.29, 1.82) is 0 Å². The van der Waals surface area contributed by atoms with Crippen LogP contribution in [0.25, 0.3) is 64.0 Å². The summed E-state index contributed by atoms with van der Waals surface area (Å²) >= 11 is 1.85. The van der Waals surface area contributed by atoms with E-state index in [2.05, 4.69) is 144 Å². The fraction of sp³-hybridized carbons (Fsp3) is 0. The molecule has 9 rings (SSSR count). The van der Waals surface area contributed by atoms with Crippen LogP contribution in [0.2, 0.25) is 0 Å². The monoisotopic (exact) mass is 567 g/mol. The van der Waals surface area contributed by atoms with Gasteiger partial charge in [0.25, 0.3) is 0 Å². The van der Waals surface area contributed by atoms with E-state index < -0.39 is 0 Å². The third-order valence-electron chi connectivity index (χ3n) is 8.45. The van der Waals surface area contributed by atoms with Crippen LogP contribution in [0.4, 0.5) is 17.1 Å². The molecule has 2 aromatic heterocycles. The van der Waals surface area contributed by atoms with Crippen LogP contribution < -0.4 is 4.90 Å². The first kappa shape index (κ1) is 24.2. The molecular formula is C40H25NOS. The number of thiophene rings is 1. The molecule has 0 saturated heterocycles. The Morgan fingerprint density at radius 3 is 2.07 bits per heavy atom. The molecule has 0 unspecified atom stereocenters. The molecule has 0 aliphatic heterocycles. The van der Waals surface area contributed by atoms with E-state index in [9.17, 15) is 0 Å². The van der Waals surface area contributed by atoms with Gasteiger partial charge < -0.3 is 9.32 Å². The summed E-state index contributed by atoms with van der Waals surface area (Å²) < 4.78 is 8.86. The van der Waals surface area contributed by atoms with Gasteiger partial charge in [0.2, 0.25) is 0 Å². The zero-order valence-corrected chi connectivity index (χ0v) is 24.0. The quantitative estimate of drug-likeness (QED) is 0.210. The maximum absolute atomic E-state index is 6.25. The smallest absolute Gasteiger partial charge is 0.136 e. The summed E-state index contributed by atoms with van der Waals surface area (Å²) in [5, 5.41) is 7.30. The number of benzene rings is 7. The zero-order chi connectivity index (χ0) is 28.3. The van der Waals surface area contributed by atoms with Crippen LogP contribution >= 0.6 is 11.3 Å². The van der Waals surface area contributed by atoms with Crippen LogP contribution in [-0.2, 0) is 0 Å². The lowest BCUT2D eigenvalue weighted by Crippen LogP contribution is -2.10. The molecule has 0 saturated carbocycles. The van der Waals surface area contributed by atoms with Crippen molar-refractivity contribution in [3.63, 3.8) is 0 Å². The van der Waals surface area contributed by atoms with Gasteiger partial charge in [-0.3, -0.25) is 0 Å². The van der Waals surface area contributed by atoms with Crippen molar-refractivity contribution < 1.29 is 4.42 Å². The lowest BCUT2D eigenvalue weighted by Gasteiger charge is -2.26. The van der Waals surface area contributed by atoms with Crippen LogP contribution in [0.15, 0.2) is 156 Å². The number of rotatable bonds is 4. The Bertz CT molecular complexity index is 2450. The molecule has 43 heavy (non-hydrogen) atoms. The minimum Gasteiger partial charge on any atom is -0.456 e. The summed E-state index contributed by atoms with van der Waals surface area (Å²) in [6.45, 7) is 0. The van der Waals surface area contributed by atoms with Crippen molar-refractivity contribution in [1.82, 2.24) is 0 Å². The van der Waals surface area contributed by atoms with Crippen LogP contribution in [-0.4, -0.2) is 0 Å². The lowest BCUT2D eigenvalue weighted by atomic mass is 9.96. The summed E-state index contributed by atoms with van der Waals surface area (Å²) in [5.41, 5.74) is 7.66. The standard InChI is InChI=1S/C40H25NOS/c1-2-11-28(12-3-1)41(35-16-9-19-39-40(35)32-14-5-7-18-38(32)43-39)29-22-20-26(21-23-29)30-15-8-10-27-24-34-31-13-4-6-17-36(31)42-37(34)25-33(27)30/h1-25H. The number of hydrogen-bond donors (Lipinski definition) is 0. The Morgan fingerprint density at radius 1 is 0.465 bits per heavy atom. The normalized spacial score (nSPS) is 11.7. The first-order valence-electron chi connectivity index (χ1n) is 14.5. The highest BCUT2D eigenvalue weighted by molar-refractivity contribution is 7.26. The molecule has 0 N–H and O–H groups in total. The minimum absolute atomic E-state index is 0.920. The van der Waals surface area contributed by atoms with E-state index in [-0.39, 0.29) is 0 Å². The fourth-order valence-electron chi connectivity index (χ4n) is 6.49. The average molecular weight is 568 g/mol. The molecule has 0 bridgehead atoms. The number of para-hydroxylation sites is 2. The highest BCUT2D eigenvalue weighted by Gasteiger charge is 2.18. The zero-order valence-electron chi connectivity index (χ0n) is 23.2. The van der Waals surface area contributed by atoms with Crippen LogP contribution in [0.3, 0.4) is 0 Å². The number of furan rings is 1. The largest absolute Gasteiger partial charge is 0.456 e. The highest BCUT2D eigenvalue weighted by Crippen LogP contribution is 2.45. The number of anilines is 3. The second kappa shape index (κ2) is 9.59. The van der Waals surface area contributed by atoms with E-state index in [0.29, 0.717) is 0 Å². The molecule has 202 valence electrons. The molecule has 0 spiro atoms. The Morgan fingerprint density at radius 2 is 1.19 bits per heavy atom. The van der Waals surface area contributed by atoms with Gasteiger partial charge in [-0.1, -0.05) is 91.0 Å². The van der Waals surface area contributed by atoms with Crippen LogP contribution in [0, 0.1) is 0 Å².